The summed E-state index contributed by atoms with van der Waals surface area (Å²) in [7, 11) is 0. The van der Waals surface area contributed by atoms with Gasteiger partial charge < -0.3 is 0 Å². The highest BCUT2D eigenvalue weighted by atomic mass is 16.1. The van der Waals surface area contributed by atoms with Crippen molar-refractivity contribution in [3.05, 3.63) is 23.8 Å². The van der Waals surface area contributed by atoms with Crippen LogP contribution in [0.15, 0.2) is 23.8 Å². The van der Waals surface area contributed by atoms with Crippen molar-refractivity contribution in [3.8, 4) is 0 Å². The van der Waals surface area contributed by atoms with Crippen molar-refractivity contribution in [1.82, 2.24) is 0 Å². The Bertz CT molecular complexity index is 189. The molecule has 0 amide bonds. The van der Waals surface area contributed by atoms with Crippen molar-refractivity contribution >= 4 is 6.29 Å². The summed E-state index contributed by atoms with van der Waals surface area (Å²) in [6, 6.07) is 0. The fraction of sp³-hybridized carbons (Fsp3) is 0.444. The molecule has 10 heavy (non-hydrogen) atoms. The third-order valence-corrected chi connectivity index (χ3v) is 2.13. The molecule has 1 rings (SSSR count). The van der Waals surface area contributed by atoms with Crippen LogP contribution in [0.2, 0.25) is 0 Å². The molecule has 0 aromatic carbocycles. The molecule has 1 aliphatic carbocycles. The van der Waals surface area contributed by atoms with E-state index in [2.05, 4.69) is 6.58 Å². The van der Waals surface area contributed by atoms with E-state index in [-0.39, 0.29) is 0 Å². The van der Waals surface area contributed by atoms with E-state index in [1.165, 1.54) is 5.57 Å². The molecule has 0 saturated carbocycles. The summed E-state index contributed by atoms with van der Waals surface area (Å²) in [6.07, 6.45) is 4.96. The predicted octanol–water partition coefficient (Wildman–Crippen LogP) is 2.10. The third kappa shape index (κ3) is 1.04. The van der Waals surface area contributed by atoms with Crippen LogP contribution >= 0.6 is 0 Å². The molecule has 0 saturated heterocycles. The van der Waals surface area contributed by atoms with Crippen molar-refractivity contribution in [1.29, 1.82) is 0 Å². The summed E-state index contributed by atoms with van der Waals surface area (Å²) in [5.41, 5.74) is 2.19. The van der Waals surface area contributed by atoms with Gasteiger partial charge in [-0.2, -0.15) is 0 Å². The Morgan fingerprint density at radius 2 is 2.40 bits per heavy atom. The van der Waals surface area contributed by atoms with Crippen molar-refractivity contribution in [2.45, 2.75) is 19.8 Å². The monoisotopic (exact) mass is 136 g/mol. The molecule has 54 valence electrons. The van der Waals surface area contributed by atoms with E-state index in [0.29, 0.717) is 5.92 Å². The fourth-order valence-electron chi connectivity index (χ4n) is 1.42. The molecule has 0 unspecified atom stereocenters. The van der Waals surface area contributed by atoms with E-state index in [0.717, 1.165) is 24.7 Å². The zero-order valence-corrected chi connectivity index (χ0v) is 6.26. The van der Waals surface area contributed by atoms with Crippen LogP contribution < -0.4 is 0 Å². The molecular formula is C9H12O. The predicted molar refractivity (Wildman–Crippen MR) is 41.7 cm³/mol. The fourth-order valence-corrected chi connectivity index (χ4v) is 1.42. The molecule has 0 spiro atoms. The standard InChI is InChI=1S/C9H12O/c1-3-8-5-4-7(2)9(8)6-10/h3,6,8H,1,4-5H2,2H3/t8-/m1/s1. The molecular weight excluding hydrogens is 124 g/mol. The van der Waals surface area contributed by atoms with Gasteiger partial charge in [-0.15, -0.1) is 6.58 Å². The molecule has 1 aliphatic rings. The maximum Gasteiger partial charge on any atom is 0.146 e. The minimum absolute atomic E-state index is 0.331. The molecule has 0 radical (unpaired) electrons. The van der Waals surface area contributed by atoms with Gasteiger partial charge in [0.2, 0.25) is 0 Å². The highest BCUT2D eigenvalue weighted by Crippen LogP contribution is 2.30. The van der Waals surface area contributed by atoms with Crippen molar-refractivity contribution < 1.29 is 4.79 Å². The lowest BCUT2D eigenvalue weighted by Gasteiger charge is -2.01. The molecule has 0 aromatic heterocycles. The minimum Gasteiger partial charge on any atom is -0.298 e. The van der Waals surface area contributed by atoms with Gasteiger partial charge in [-0.3, -0.25) is 4.79 Å². The lowest BCUT2D eigenvalue weighted by atomic mass is 10.0. The summed E-state index contributed by atoms with van der Waals surface area (Å²) in [5, 5.41) is 0. The van der Waals surface area contributed by atoms with Crippen LogP contribution in [0.5, 0.6) is 0 Å². The number of carbonyl (C=O) groups excluding carboxylic acids is 1. The topological polar surface area (TPSA) is 17.1 Å². The molecule has 1 heteroatoms. The first-order chi connectivity index (χ1) is 4.79. The van der Waals surface area contributed by atoms with Gasteiger partial charge >= 0.3 is 0 Å². The van der Waals surface area contributed by atoms with Gasteiger partial charge in [0.05, 0.1) is 0 Å². The first kappa shape index (κ1) is 7.26. The second-order valence-electron chi connectivity index (χ2n) is 2.73. The smallest absolute Gasteiger partial charge is 0.146 e. The quantitative estimate of drug-likeness (QED) is 0.419. The number of allylic oxidation sites excluding steroid dienone is 3. The average molecular weight is 136 g/mol. The largest absolute Gasteiger partial charge is 0.298 e. The zero-order chi connectivity index (χ0) is 7.56. The molecule has 0 aromatic rings. The van der Waals surface area contributed by atoms with Crippen LogP contribution in [0.1, 0.15) is 19.8 Å². The van der Waals surface area contributed by atoms with E-state index in [4.69, 9.17) is 0 Å². The van der Waals surface area contributed by atoms with Crippen LogP contribution in [0.25, 0.3) is 0 Å². The first-order valence-corrected chi connectivity index (χ1v) is 3.57. The molecule has 0 aliphatic heterocycles. The van der Waals surface area contributed by atoms with E-state index in [1.807, 2.05) is 13.0 Å². The second kappa shape index (κ2) is 2.82. The molecule has 0 N–H and O–H groups in total. The summed E-state index contributed by atoms with van der Waals surface area (Å²) in [5.74, 6) is 0.331. The second-order valence-corrected chi connectivity index (χ2v) is 2.73. The van der Waals surface area contributed by atoms with Crippen molar-refractivity contribution in [2.75, 3.05) is 0 Å². The Morgan fingerprint density at radius 3 is 2.80 bits per heavy atom. The molecule has 0 fully saturated rings. The highest BCUT2D eigenvalue weighted by molar-refractivity contribution is 5.76. The number of hydrogen-bond donors (Lipinski definition) is 0. The molecule has 0 bridgehead atoms. The third-order valence-electron chi connectivity index (χ3n) is 2.13. The van der Waals surface area contributed by atoms with Gasteiger partial charge in [0.15, 0.2) is 0 Å². The van der Waals surface area contributed by atoms with Gasteiger partial charge in [-0.05, 0) is 25.3 Å². The van der Waals surface area contributed by atoms with Gasteiger partial charge in [0.1, 0.15) is 6.29 Å². The summed E-state index contributed by atoms with van der Waals surface area (Å²) in [4.78, 5) is 10.5. The van der Waals surface area contributed by atoms with E-state index >= 15 is 0 Å². The number of aldehydes is 1. The molecule has 0 heterocycles. The van der Waals surface area contributed by atoms with Gasteiger partial charge in [-0.1, -0.05) is 11.6 Å². The van der Waals surface area contributed by atoms with E-state index in [9.17, 15) is 4.79 Å². The molecule has 1 nitrogen and oxygen atoms in total. The number of hydrogen-bond acceptors (Lipinski definition) is 1. The maximum absolute atomic E-state index is 10.5. The van der Waals surface area contributed by atoms with Gasteiger partial charge in [0, 0.05) is 5.92 Å². The Labute approximate surface area is 61.4 Å². The van der Waals surface area contributed by atoms with E-state index < -0.39 is 0 Å². The zero-order valence-electron chi connectivity index (χ0n) is 6.26. The summed E-state index contributed by atoms with van der Waals surface area (Å²) < 4.78 is 0. The highest BCUT2D eigenvalue weighted by Gasteiger charge is 2.19. The van der Waals surface area contributed by atoms with Crippen LogP contribution in [0.4, 0.5) is 0 Å². The maximum atomic E-state index is 10.5. The Morgan fingerprint density at radius 1 is 1.70 bits per heavy atom. The van der Waals surface area contributed by atoms with Crippen LogP contribution in [0.3, 0.4) is 0 Å². The average Bonchev–Trinajstić information content (AvgIpc) is 2.30. The van der Waals surface area contributed by atoms with Gasteiger partial charge in [-0.25, -0.2) is 0 Å². The summed E-state index contributed by atoms with van der Waals surface area (Å²) in [6.45, 7) is 5.70. The number of rotatable bonds is 2. The first-order valence-electron chi connectivity index (χ1n) is 3.57. The Hall–Kier alpha value is -0.850. The van der Waals surface area contributed by atoms with Crippen molar-refractivity contribution in [3.63, 3.8) is 0 Å². The SMILES string of the molecule is C=C[C@@H]1CCC(C)=C1C=O. The Kier molecular flexibility index (Phi) is 2.05. The minimum atomic E-state index is 0.331. The molecule has 1 atom stereocenters. The summed E-state index contributed by atoms with van der Waals surface area (Å²) >= 11 is 0. The van der Waals surface area contributed by atoms with Crippen LogP contribution in [-0.4, -0.2) is 6.29 Å². The normalized spacial score (nSPS) is 25.1. The lowest BCUT2D eigenvalue weighted by molar-refractivity contribution is -0.105. The van der Waals surface area contributed by atoms with Crippen LogP contribution in [-0.2, 0) is 4.79 Å². The van der Waals surface area contributed by atoms with Crippen LogP contribution in [0, 0.1) is 5.92 Å². The van der Waals surface area contributed by atoms with E-state index in [1.54, 1.807) is 0 Å². The van der Waals surface area contributed by atoms with Crippen molar-refractivity contribution in [2.24, 2.45) is 5.92 Å². The number of carbonyl (C=O) groups is 1. The van der Waals surface area contributed by atoms with Gasteiger partial charge in [0.25, 0.3) is 0 Å². The Balaban J connectivity index is 2.85. The lowest BCUT2D eigenvalue weighted by Crippen LogP contribution is -1.95.